The van der Waals surface area contributed by atoms with Crippen LogP contribution in [0.2, 0.25) is 0 Å². The Labute approximate surface area is 186 Å². The SMILES string of the molecule is CN1CC[C@@](O)(C#Cc2cccc(-c3nc(C(N)=O)c(NCC(F)(F)F)cc3F)c2)CC1=O. The molecule has 2 aromatic rings. The number of hydrogen-bond donors (Lipinski definition) is 3. The number of piperidine rings is 1. The number of aromatic nitrogens is 1. The molecule has 0 unspecified atom stereocenters. The summed E-state index contributed by atoms with van der Waals surface area (Å²) in [6, 6.07) is 6.75. The number of amides is 2. The van der Waals surface area contributed by atoms with Gasteiger partial charge in [0.1, 0.15) is 17.8 Å². The first-order valence-corrected chi connectivity index (χ1v) is 9.78. The number of rotatable bonds is 4. The molecule has 174 valence electrons. The summed E-state index contributed by atoms with van der Waals surface area (Å²) < 4.78 is 52.2. The molecule has 1 aromatic carbocycles. The highest BCUT2D eigenvalue weighted by atomic mass is 19.4. The minimum absolute atomic E-state index is 0.152. The summed E-state index contributed by atoms with van der Waals surface area (Å²) in [5.41, 5.74) is 2.95. The minimum Gasteiger partial charge on any atom is -0.377 e. The van der Waals surface area contributed by atoms with Crippen molar-refractivity contribution in [2.24, 2.45) is 5.73 Å². The van der Waals surface area contributed by atoms with Crippen LogP contribution in [-0.2, 0) is 4.79 Å². The molecule has 0 radical (unpaired) electrons. The Morgan fingerprint density at radius 3 is 2.73 bits per heavy atom. The van der Waals surface area contributed by atoms with Gasteiger partial charge in [-0.2, -0.15) is 13.2 Å². The van der Waals surface area contributed by atoms with Gasteiger partial charge in [0.2, 0.25) is 5.91 Å². The maximum Gasteiger partial charge on any atom is 0.405 e. The third kappa shape index (κ3) is 5.98. The Bertz CT molecular complexity index is 1160. The molecule has 1 aromatic heterocycles. The van der Waals surface area contributed by atoms with Crippen LogP contribution in [0.5, 0.6) is 0 Å². The van der Waals surface area contributed by atoms with Crippen LogP contribution in [0.25, 0.3) is 11.3 Å². The van der Waals surface area contributed by atoms with E-state index < -0.39 is 41.4 Å². The highest BCUT2D eigenvalue weighted by Gasteiger charge is 2.34. The molecule has 0 aliphatic carbocycles. The maximum atomic E-state index is 14.7. The zero-order valence-corrected chi connectivity index (χ0v) is 17.5. The number of hydrogen-bond acceptors (Lipinski definition) is 5. The lowest BCUT2D eigenvalue weighted by Crippen LogP contribution is -2.45. The number of halogens is 4. The van der Waals surface area contributed by atoms with Gasteiger partial charge in [0.05, 0.1) is 12.1 Å². The van der Waals surface area contributed by atoms with Gasteiger partial charge in [-0.3, -0.25) is 9.59 Å². The molecule has 4 N–H and O–H groups in total. The molecule has 1 fully saturated rings. The van der Waals surface area contributed by atoms with Crippen molar-refractivity contribution < 1.29 is 32.3 Å². The van der Waals surface area contributed by atoms with Crippen LogP contribution in [0.15, 0.2) is 30.3 Å². The highest BCUT2D eigenvalue weighted by molar-refractivity contribution is 5.97. The van der Waals surface area contributed by atoms with E-state index in [2.05, 4.69) is 16.8 Å². The van der Waals surface area contributed by atoms with Gasteiger partial charge < -0.3 is 21.1 Å². The summed E-state index contributed by atoms with van der Waals surface area (Å²) in [5.74, 6) is 3.09. The Hall–Kier alpha value is -3.65. The lowest BCUT2D eigenvalue weighted by Gasteiger charge is -2.32. The van der Waals surface area contributed by atoms with Crippen LogP contribution >= 0.6 is 0 Å². The molecular weight excluding hydrogens is 444 g/mol. The first-order valence-electron chi connectivity index (χ1n) is 9.78. The van der Waals surface area contributed by atoms with Crippen LogP contribution in [0.3, 0.4) is 0 Å². The predicted molar refractivity (Wildman–Crippen MR) is 111 cm³/mol. The van der Waals surface area contributed by atoms with Crippen molar-refractivity contribution in [2.75, 3.05) is 25.5 Å². The van der Waals surface area contributed by atoms with Crippen molar-refractivity contribution in [3.05, 3.63) is 47.4 Å². The number of likely N-dealkylation sites (tertiary alicyclic amines) is 1. The van der Waals surface area contributed by atoms with Crippen molar-refractivity contribution >= 4 is 17.5 Å². The van der Waals surface area contributed by atoms with Crippen LogP contribution < -0.4 is 11.1 Å². The number of nitrogens with one attached hydrogen (secondary N) is 1. The molecule has 2 amide bonds. The van der Waals surface area contributed by atoms with E-state index in [1.54, 1.807) is 13.1 Å². The van der Waals surface area contributed by atoms with E-state index in [1.165, 1.54) is 23.1 Å². The zero-order chi connectivity index (χ0) is 24.4. The molecule has 1 saturated heterocycles. The second-order valence-electron chi connectivity index (χ2n) is 7.65. The number of nitrogens with two attached hydrogens (primary N) is 1. The number of alkyl halides is 3. The molecule has 0 bridgehead atoms. The van der Waals surface area contributed by atoms with E-state index in [4.69, 9.17) is 5.73 Å². The van der Waals surface area contributed by atoms with E-state index in [9.17, 15) is 32.3 Å². The van der Waals surface area contributed by atoms with Crippen molar-refractivity contribution in [2.45, 2.75) is 24.6 Å². The Morgan fingerprint density at radius 1 is 1.36 bits per heavy atom. The van der Waals surface area contributed by atoms with Gasteiger partial charge in [-0.15, -0.1) is 0 Å². The lowest BCUT2D eigenvalue weighted by atomic mass is 9.91. The van der Waals surface area contributed by atoms with Crippen molar-refractivity contribution in [3.63, 3.8) is 0 Å². The second-order valence-corrected chi connectivity index (χ2v) is 7.65. The summed E-state index contributed by atoms with van der Waals surface area (Å²) in [6.07, 6.45) is -4.48. The van der Waals surface area contributed by atoms with Crippen molar-refractivity contribution in [1.29, 1.82) is 0 Å². The molecule has 33 heavy (non-hydrogen) atoms. The number of carbonyl (C=O) groups excluding carboxylic acids is 2. The number of nitrogens with zero attached hydrogens (tertiary/aromatic N) is 2. The van der Waals surface area contributed by atoms with E-state index >= 15 is 0 Å². The average molecular weight is 464 g/mol. The fraction of sp³-hybridized carbons (Fsp3) is 0.318. The summed E-state index contributed by atoms with van der Waals surface area (Å²) in [6.45, 7) is -1.15. The quantitative estimate of drug-likeness (QED) is 0.475. The molecular formula is C22H20F4N4O3. The van der Waals surface area contributed by atoms with Gasteiger partial charge >= 0.3 is 6.18 Å². The average Bonchev–Trinajstić information content (AvgIpc) is 2.73. The zero-order valence-electron chi connectivity index (χ0n) is 17.5. The van der Waals surface area contributed by atoms with E-state index in [0.29, 0.717) is 12.1 Å². The molecule has 7 nitrogen and oxygen atoms in total. The van der Waals surface area contributed by atoms with Crippen LogP contribution in [-0.4, -0.2) is 58.7 Å². The maximum absolute atomic E-state index is 14.7. The Balaban J connectivity index is 1.92. The molecule has 0 saturated carbocycles. The third-order valence-corrected chi connectivity index (χ3v) is 4.99. The van der Waals surface area contributed by atoms with E-state index in [1.807, 2.05) is 5.32 Å². The number of primary amides is 1. The van der Waals surface area contributed by atoms with Gasteiger partial charge in [0, 0.05) is 37.2 Å². The fourth-order valence-corrected chi connectivity index (χ4v) is 3.20. The number of carbonyl (C=O) groups is 2. The molecule has 3 rings (SSSR count). The van der Waals surface area contributed by atoms with Crippen molar-refractivity contribution in [3.8, 4) is 23.1 Å². The van der Waals surface area contributed by atoms with Gasteiger partial charge in [-0.05, 0) is 12.1 Å². The summed E-state index contributed by atoms with van der Waals surface area (Å²) in [5, 5.41) is 12.5. The van der Waals surface area contributed by atoms with Gasteiger partial charge in [0.25, 0.3) is 5.91 Å². The monoisotopic (exact) mass is 464 g/mol. The lowest BCUT2D eigenvalue weighted by molar-refractivity contribution is -0.138. The van der Waals surface area contributed by atoms with E-state index in [0.717, 1.165) is 6.07 Å². The molecule has 2 heterocycles. The largest absolute Gasteiger partial charge is 0.405 e. The first kappa shape index (κ1) is 24.0. The highest BCUT2D eigenvalue weighted by Crippen LogP contribution is 2.27. The Kier molecular flexibility index (Phi) is 6.60. The molecule has 11 heteroatoms. The summed E-state index contributed by atoms with van der Waals surface area (Å²) in [7, 11) is 1.63. The van der Waals surface area contributed by atoms with Gasteiger partial charge in [-0.1, -0.05) is 24.0 Å². The van der Waals surface area contributed by atoms with Crippen LogP contribution in [0.1, 0.15) is 28.9 Å². The van der Waals surface area contributed by atoms with Crippen LogP contribution in [0, 0.1) is 17.7 Å². The number of anilines is 1. The molecule has 1 aliphatic heterocycles. The van der Waals surface area contributed by atoms with E-state index in [-0.39, 0.29) is 30.0 Å². The van der Waals surface area contributed by atoms with Gasteiger partial charge in [-0.25, -0.2) is 9.37 Å². The van der Waals surface area contributed by atoms with Crippen LogP contribution in [0.4, 0.5) is 23.2 Å². The first-order chi connectivity index (χ1) is 15.4. The molecule has 0 spiro atoms. The third-order valence-electron chi connectivity index (χ3n) is 4.99. The predicted octanol–water partition coefficient (Wildman–Crippen LogP) is 2.30. The smallest absolute Gasteiger partial charge is 0.377 e. The summed E-state index contributed by atoms with van der Waals surface area (Å²) >= 11 is 0. The number of aliphatic hydroxyl groups is 1. The van der Waals surface area contributed by atoms with Gasteiger partial charge in [0.15, 0.2) is 11.5 Å². The van der Waals surface area contributed by atoms with Crippen molar-refractivity contribution in [1.82, 2.24) is 9.88 Å². The normalized spacial score (nSPS) is 18.5. The molecule has 1 atom stereocenters. The standard InChI is InChI=1S/C22H20F4N4O3/c1-30-8-7-21(33,11-17(30)31)6-5-13-3-2-4-14(9-13)18-15(23)10-16(19(29-18)20(27)32)28-12-22(24,25)26/h2-4,9-10,28,33H,7-8,11-12H2,1H3,(H2,27,32)/t21-/m0/s1. The Morgan fingerprint density at radius 2 is 2.09 bits per heavy atom. The number of benzene rings is 1. The topological polar surface area (TPSA) is 109 Å². The minimum atomic E-state index is -4.60. The fourth-order valence-electron chi connectivity index (χ4n) is 3.20. The molecule has 1 aliphatic rings. The second kappa shape index (κ2) is 9.07. The number of pyridine rings is 1. The summed E-state index contributed by atoms with van der Waals surface area (Å²) in [4.78, 5) is 28.9.